The smallest absolute Gasteiger partial charge is 0.172 e. The molecular weight excluding hydrogens is 589 g/mol. The van der Waals surface area contributed by atoms with Crippen molar-refractivity contribution in [3.05, 3.63) is 110 Å². The number of ether oxygens (including phenoxy) is 2. The Morgan fingerprint density at radius 2 is 1.52 bits per heavy atom. The van der Waals surface area contributed by atoms with Crippen molar-refractivity contribution in [1.29, 1.82) is 15.8 Å². The van der Waals surface area contributed by atoms with Gasteiger partial charge in [-0.15, -0.1) is 11.3 Å². The van der Waals surface area contributed by atoms with Crippen LogP contribution >= 0.6 is 11.3 Å². The molecule has 0 radical (unpaired) electrons. The third-order valence-electron chi connectivity index (χ3n) is 7.72. The number of nitriles is 3. The van der Waals surface area contributed by atoms with Gasteiger partial charge in [0, 0.05) is 45.7 Å². The first-order valence-electron chi connectivity index (χ1n) is 15.7. The highest BCUT2D eigenvalue weighted by Crippen LogP contribution is 2.40. The molecule has 6 nitrogen and oxygen atoms in total. The third kappa shape index (κ3) is 8.57. The van der Waals surface area contributed by atoms with Crippen LogP contribution in [0, 0.1) is 34.0 Å². The Labute approximate surface area is 277 Å². The first kappa shape index (κ1) is 33.9. The van der Waals surface area contributed by atoms with Crippen molar-refractivity contribution in [3.63, 3.8) is 0 Å². The second-order valence-electron chi connectivity index (χ2n) is 11.5. The van der Waals surface area contributed by atoms with Gasteiger partial charge in [-0.1, -0.05) is 63.1 Å². The van der Waals surface area contributed by atoms with Gasteiger partial charge in [0.15, 0.2) is 11.3 Å². The van der Waals surface area contributed by atoms with Crippen molar-refractivity contribution in [1.82, 2.24) is 0 Å². The first-order chi connectivity index (χ1) is 22.3. The molecule has 1 aliphatic heterocycles. The highest BCUT2D eigenvalue weighted by Gasteiger charge is 2.38. The molecule has 0 spiro atoms. The molecule has 46 heavy (non-hydrogen) atoms. The van der Waals surface area contributed by atoms with Crippen LogP contribution in [0.25, 0.3) is 18.2 Å². The standard InChI is InChI=1S/C39H40N4O2S/c1-5-7-22-43(23-8-6-2)32-16-14-30(37(24-32)44-28-29-12-10-9-11-13-29)15-17-33-18-19-34(46-33)20-21-36-35(27-42)38(31(25-40)26-41)45-39(36,3)4/h9-21,24H,5-8,22-23,28H2,1-4H3. The van der Waals surface area contributed by atoms with Crippen LogP contribution in [0.1, 0.15) is 74.3 Å². The molecule has 0 bridgehead atoms. The molecule has 2 heterocycles. The van der Waals surface area contributed by atoms with Crippen molar-refractivity contribution < 1.29 is 9.47 Å². The lowest BCUT2D eigenvalue weighted by Gasteiger charge is -2.25. The van der Waals surface area contributed by atoms with E-state index in [1.54, 1.807) is 11.3 Å². The second kappa shape index (κ2) is 16.3. The van der Waals surface area contributed by atoms with Crippen LogP contribution in [0.3, 0.4) is 0 Å². The van der Waals surface area contributed by atoms with Gasteiger partial charge in [-0.25, -0.2) is 0 Å². The van der Waals surface area contributed by atoms with Gasteiger partial charge in [-0.05, 0) is 74.7 Å². The maximum atomic E-state index is 9.81. The lowest BCUT2D eigenvalue weighted by molar-refractivity contribution is 0.0954. The maximum absolute atomic E-state index is 9.81. The van der Waals surface area contributed by atoms with Gasteiger partial charge < -0.3 is 14.4 Å². The van der Waals surface area contributed by atoms with E-state index in [1.807, 2.05) is 62.4 Å². The molecule has 0 atom stereocenters. The molecule has 7 heteroatoms. The summed E-state index contributed by atoms with van der Waals surface area (Å²) in [5.74, 6) is 0.895. The van der Waals surface area contributed by atoms with Crippen LogP contribution in [0.5, 0.6) is 5.75 Å². The molecule has 0 saturated heterocycles. The van der Waals surface area contributed by atoms with Gasteiger partial charge >= 0.3 is 0 Å². The molecule has 2 aromatic carbocycles. The predicted molar refractivity (Wildman–Crippen MR) is 188 cm³/mol. The topological polar surface area (TPSA) is 93.1 Å². The Hall–Kier alpha value is -5.03. The molecule has 234 valence electrons. The number of anilines is 1. The van der Waals surface area contributed by atoms with E-state index in [0.717, 1.165) is 65.4 Å². The summed E-state index contributed by atoms with van der Waals surface area (Å²) in [5.41, 5.74) is 3.11. The molecule has 0 aliphatic carbocycles. The summed E-state index contributed by atoms with van der Waals surface area (Å²) in [7, 11) is 0. The minimum absolute atomic E-state index is 0.0436. The zero-order valence-electron chi connectivity index (χ0n) is 27.0. The number of rotatable bonds is 14. The molecule has 4 rings (SSSR count). The number of benzene rings is 2. The SMILES string of the molecule is CCCCN(CCCC)c1ccc(C=Cc2ccc(C=CC3=C(C#N)C(=C(C#N)C#N)OC3(C)C)s2)c(OCc2ccccc2)c1. The fourth-order valence-corrected chi connectivity index (χ4v) is 5.97. The summed E-state index contributed by atoms with van der Waals surface area (Å²) in [4.78, 5) is 4.54. The Morgan fingerprint density at radius 3 is 2.13 bits per heavy atom. The van der Waals surface area contributed by atoms with Crippen molar-refractivity contribution in [2.24, 2.45) is 0 Å². The van der Waals surface area contributed by atoms with Gasteiger partial charge in [-0.3, -0.25) is 0 Å². The minimum Gasteiger partial charge on any atom is -0.488 e. The van der Waals surface area contributed by atoms with E-state index in [9.17, 15) is 15.8 Å². The molecule has 1 aliphatic rings. The van der Waals surface area contributed by atoms with E-state index in [2.05, 4.69) is 73.4 Å². The first-order valence-corrected chi connectivity index (χ1v) is 16.6. The van der Waals surface area contributed by atoms with Crippen molar-refractivity contribution >= 4 is 35.3 Å². The van der Waals surface area contributed by atoms with Crippen LogP contribution in [0.2, 0.25) is 0 Å². The number of unbranched alkanes of at least 4 members (excludes halogenated alkanes) is 2. The van der Waals surface area contributed by atoms with Crippen molar-refractivity contribution in [2.45, 2.75) is 65.6 Å². The van der Waals surface area contributed by atoms with Crippen LogP contribution in [-0.4, -0.2) is 18.7 Å². The third-order valence-corrected chi connectivity index (χ3v) is 8.73. The van der Waals surface area contributed by atoms with E-state index in [1.165, 1.54) is 5.69 Å². The molecule has 3 aromatic rings. The number of nitrogens with zero attached hydrogens (tertiary/aromatic N) is 4. The number of hydrogen-bond donors (Lipinski definition) is 0. The molecule has 1 aromatic heterocycles. The average Bonchev–Trinajstić information content (AvgIpc) is 3.63. The van der Waals surface area contributed by atoms with Gasteiger partial charge in [0.2, 0.25) is 0 Å². The summed E-state index contributed by atoms with van der Waals surface area (Å²) in [5, 5.41) is 28.5. The number of thiophene rings is 1. The Bertz CT molecular complexity index is 1730. The Morgan fingerprint density at radius 1 is 0.870 bits per heavy atom. The number of allylic oxidation sites excluding steroid dienone is 2. The highest BCUT2D eigenvalue weighted by molar-refractivity contribution is 7.13. The quantitative estimate of drug-likeness (QED) is 0.165. The Balaban J connectivity index is 1.59. The fraction of sp³-hybridized carbons (Fsp3) is 0.308. The highest BCUT2D eigenvalue weighted by atomic mass is 32.1. The summed E-state index contributed by atoms with van der Waals surface area (Å²) in [6, 6.07) is 26.6. The molecule has 0 saturated carbocycles. The lowest BCUT2D eigenvalue weighted by atomic mass is 9.94. The summed E-state index contributed by atoms with van der Waals surface area (Å²) < 4.78 is 12.3. The van der Waals surface area contributed by atoms with Crippen molar-refractivity contribution in [2.75, 3.05) is 18.0 Å². The van der Waals surface area contributed by atoms with Crippen LogP contribution in [-0.2, 0) is 11.3 Å². The molecule has 0 unspecified atom stereocenters. The molecule has 0 amide bonds. The fourth-order valence-electron chi connectivity index (χ4n) is 5.15. The second-order valence-corrected chi connectivity index (χ2v) is 12.7. The van der Waals surface area contributed by atoms with E-state index in [-0.39, 0.29) is 16.9 Å². The molecule has 0 N–H and O–H groups in total. The van der Waals surface area contributed by atoms with Crippen molar-refractivity contribution in [3.8, 4) is 24.0 Å². The van der Waals surface area contributed by atoms with E-state index in [4.69, 9.17) is 9.47 Å². The van der Waals surface area contributed by atoms with Crippen LogP contribution < -0.4 is 9.64 Å². The van der Waals surface area contributed by atoms with Gasteiger partial charge in [0.1, 0.15) is 41.7 Å². The summed E-state index contributed by atoms with van der Waals surface area (Å²) in [6.07, 6.45) is 12.6. The Kier molecular flexibility index (Phi) is 12.0. The predicted octanol–water partition coefficient (Wildman–Crippen LogP) is 9.85. The molecule has 0 fully saturated rings. The number of hydrogen-bond acceptors (Lipinski definition) is 7. The minimum atomic E-state index is -0.846. The van der Waals surface area contributed by atoms with E-state index < -0.39 is 5.60 Å². The average molecular weight is 629 g/mol. The van der Waals surface area contributed by atoms with Gasteiger partial charge in [0.05, 0.1) is 0 Å². The largest absolute Gasteiger partial charge is 0.488 e. The summed E-state index contributed by atoms with van der Waals surface area (Å²) >= 11 is 1.62. The zero-order valence-corrected chi connectivity index (χ0v) is 27.9. The monoisotopic (exact) mass is 628 g/mol. The van der Waals surface area contributed by atoms with Crippen LogP contribution in [0.4, 0.5) is 5.69 Å². The van der Waals surface area contributed by atoms with Gasteiger partial charge in [-0.2, -0.15) is 15.8 Å². The van der Waals surface area contributed by atoms with E-state index in [0.29, 0.717) is 12.2 Å². The molecular formula is C39H40N4O2S. The summed E-state index contributed by atoms with van der Waals surface area (Å²) in [6.45, 7) is 10.6. The normalized spacial score (nSPS) is 13.8. The zero-order chi connectivity index (χ0) is 32.9. The van der Waals surface area contributed by atoms with Gasteiger partial charge in [0.25, 0.3) is 0 Å². The van der Waals surface area contributed by atoms with E-state index >= 15 is 0 Å². The lowest BCUT2D eigenvalue weighted by Crippen LogP contribution is -2.25. The van der Waals surface area contributed by atoms with Crippen LogP contribution in [0.15, 0.2) is 89.2 Å². The maximum Gasteiger partial charge on any atom is 0.172 e.